The number of hydrogen-bond acceptors (Lipinski definition) is 5. The normalized spacial score (nSPS) is 26.6. The van der Waals surface area contributed by atoms with Crippen LogP contribution >= 0.6 is 0 Å². The van der Waals surface area contributed by atoms with Gasteiger partial charge in [0.05, 0.1) is 20.3 Å². The quantitative estimate of drug-likeness (QED) is 0.703. The maximum atomic E-state index is 6.33. The van der Waals surface area contributed by atoms with Gasteiger partial charge in [-0.1, -0.05) is 42.5 Å². The van der Waals surface area contributed by atoms with Crippen molar-refractivity contribution >= 4 is 0 Å². The standard InChI is InChI=1S/C24H28O5/c1-24-17-27-23(19-7-4-3-5-8-19)28-22(24)10-6-9-21(29-24)16-26-15-18-11-13-20(25-2)14-12-18/h3-5,7-9,11-14,22-23H,6,10,15-17H2,1-2H3/t22-,23+,24+/m0/s1. The summed E-state index contributed by atoms with van der Waals surface area (Å²) in [5.41, 5.74) is 1.62. The van der Waals surface area contributed by atoms with Gasteiger partial charge in [-0.15, -0.1) is 0 Å². The zero-order valence-electron chi connectivity index (χ0n) is 17.0. The van der Waals surface area contributed by atoms with E-state index in [1.807, 2.05) is 54.6 Å². The zero-order valence-corrected chi connectivity index (χ0v) is 17.0. The van der Waals surface area contributed by atoms with Gasteiger partial charge in [-0.3, -0.25) is 0 Å². The number of ether oxygens (including phenoxy) is 5. The van der Waals surface area contributed by atoms with Crippen LogP contribution in [0.1, 0.15) is 37.2 Å². The van der Waals surface area contributed by atoms with Gasteiger partial charge in [0.25, 0.3) is 0 Å². The van der Waals surface area contributed by atoms with E-state index in [1.54, 1.807) is 7.11 Å². The third-order valence-electron chi connectivity index (χ3n) is 5.40. The summed E-state index contributed by atoms with van der Waals surface area (Å²) in [6, 6.07) is 17.9. The molecule has 5 nitrogen and oxygen atoms in total. The van der Waals surface area contributed by atoms with E-state index in [0.29, 0.717) is 19.8 Å². The van der Waals surface area contributed by atoms with Crippen LogP contribution in [0.15, 0.2) is 66.4 Å². The van der Waals surface area contributed by atoms with Gasteiger partial charge in [0.2, 0.25) is 0 Å². The van der Waals surface area contributed by atoms with Crippen molar-refractivity contribution in [2.75, 3.05) is 20.3 Å². The van der Waals surface area contributed by atoms with Crippen LogP contribution in [0.25, 0.3) is 0 Å². The van der Waals surface area contributed by atoms with Gasteiger partial charge in [0.1, 0.15) is 24.2 Å². The minimum Gasteiger partial charge on any atom is -0.497 e. The molecule has 1 saturated heterocycles. The first-order valence-corrected chi connectivity index (χ1v) is 10.1. The summed E-state index contributed by atoms with van der Waals surface area (Å²) in [7, 11) is 1.66. The Bertz CT molecular complexity index is 817. The second-order valence-corrected chi connectivity index (χ2v) is 7.68. The molecule has 2 aliphatic heterocycles. The predicted molar refractivity (Wildman–Crippen MR) is 109 cm³/mol. The Labute approximate surface area is 172 Å². The number of hydrogen-bond donors (Lipinski definition) is 0. The molecule has 29 heavy (non-hydrogen) atoms. The molecule has 0 N–H and O–H groups in total. The average molecular weight is 396 g/mol. The van der Waals surface area contributed by atoms with Crippen molar-refractivity contribution in [1.82, 2.24) is 0 Å². The fourth-order valence-corrected chi connectivity index (χ4v) is 3.74. The molecule has 2 aromatic rings. The van der Waals surface area contributed by atoms with E-state index in [9.17, 15) is 0 Å². The summed E-state index contributed by atoms with van der Waals surface area (Å²) in [5, 5.41) is 0. The second kappa shape index (κ2) is 8.99. The van der Waals surface area contributed by atoms with Gasteiger partial charge in [0.15, 0.2) is 11.9 Å². The Kier molecular flexibility index (Phi) is 6.19. The highest BCUT2D eigenvalue weighted by Crippen LogP contribution is 2.38. The Balaban J connectivity index is 1.32. The Hall–Kier alpha value is -2.34. The van der Waals surface area contributed by atoms with Crippen LogP contribution in [0.3, 0.4) is 0 Å². The van der Waals surface area contributed by atoms with E-state index in [2.05, 4.69) is 13.0 Å². The van der Waals surface area contributed by atoms with Crippen LogP contribution in [0, 0.1) is 0 Å². The van der Waals surface area contributed by atoms with Gasteiger partial charge >= 0.3 is 0 Å². The van der Waals surface area contributed by atoms with Crippen LogP contribution in [0.2, 0.25) is 0 Å². The molecule has 5 heteroatoms. The molecule has 0 amide bonds. The minimum absolute atomic E-state index is 0.0307. The van der Waals surface area contributed by atoms with Gasteiger partial charge < -0.3 is 23.7 Å². The van der Waals surface area contributed by atoms with E-state index >= 15 is 0 Å². The number of allylic oxidation sites excluding steroid dienone is 1. The van der Waals surface area contributed by atoms with Gasteiger partial charge in [-0.25, -0.2) is 0 Å². The largest absolute Gasteiger partial charge is 0.497 e. The van der Waals surface area contributed by atoms with Gasteiger partial charge in [-0.2, -0.15) is 0 Å². The van der Waals surface area contributed by atoms with Crippen molar-refractivity contribution in [3.05, 3.63) is 77.6 Å². The molecule has 4 rings (SSSR count). The topological polar surface area (TPSA) is 46.2 Å². The summed E-state index contributed by atoms with van der Waals surface area (Å²) in [4.78, 5) is 0. The van der Waals surface area contributed by atoms with Crippen molar-refractivity contribution in [3.8, 4) is 5.75 Å². The lowest BCUT2D eigenvalue weighted by atomic mass is 9.95. The first-order valence-electron chi connectivity index (χ1n) is 10.1. The molecule has 1 fully saturated rings. The first kappa shape index (κ1) is 20.0. The lowest BCUT2D eigenvalue weighted by Gasteiger charge is -2.43. The lowest BCUT2D eigenvalue weighted by Crippen LogP contribution is -2.51. The van der Waals surface area contributed by atoms with Crippen molar-refractivity contribution in [2.45, 2.75) is 44.4 Å². The highest BCUT2D eigenvalue weighted by Gasteiger charge is 2.45. The van der Waals surface area contributed by atoms with Crippen molar-refractivity contribution in [2.24, 2.45) is 0 Å². The number of fused-ring (bicyclic) bond motifs is 1. The SMILES string of the molecule is COc1ccc(COCC2=CCC[C@@H]3O[C@H](c4ccccc4)OC[C@@]3(C)O2)cc1. The molecule has 0 saturated carbocycles. The number of rotatable bonds is 6. The molecule has 2 heterocycles. The molecule has 0 aliphatic carbocycles. The van der Waals surface area contributed by atoms with Crippen LogP contribution < -0.4 is 4.74 Å². The average Bonchev–Trinajstić information content (AvgIpc) is 2.92. The van der Waals surface area contributed by atoms with Crippen LogP contribution in [0.4, 0.5) is 0 Å². The monoisotopic (exact) mass is 396 g/mol. The molecular formula is C24H28O5. The minimum atomic E-state index is -0.517. The fourth-order valence-electron chi connectivity index (χ4n) is 3.74. The molecule has 2 aromatic carbocycles. The Morgan fingerprint density at radius 2 is 1.83 bits per heavy atom. The van der Waals surface area contributed by atoms with Crippen molar-refractivity contribution < 1.29 is 23.7 Å². The van der Waals surface area contributed by atoms with Gasteiger partial charge in [-0.05, 0) is 43.5 Å². The Morgan fingerprint density at radius 3 is 2.59 bits per heavy atom. The van der Waals surface area contributed by atoms with Crippen molar-refractivity contribution in [3.63, 3.8) is 0 Å². The lowest BCUT2D eigenvalue weighted by molar-refractivity contribution is -0.292. The Morgan fingerprint density at radius 1 is 1.03 bits per heavy atom. The number of methoxy groups -OCH3 is 1. The maximum Gasteiger partial charge on any atom is 0.184 e. The molecule has 2 aliphatic rings. The molecule has 0 aromatic heterocycles. The highest BCUT2D eigenvalue weighted by atomic mass is 16.7. The summed E-state index contributed by atoms with van der Waals surface area (Å²) < 4.78 is 29.7. The van der Waals surface area contributed by atoms with E-state index < -0.39 is 5.60 Å². The third-order valence-corrected chi connectivity index (χ3v) is 5.40. The van der Waals surface area contributed by atoms with Crippen molar-refractivity contribution in [1.29, 1.82) is 0 Å². The predicted octanol–water partition coefficient (Wildman–Crippen LogP) is 4.78. The molecule has 0 bridgehead atoms. The van der Waals surface area contributed by atoms with Crippen LogP contribution in [-0.4, -0.2) is 32.0 Å². The number of benzene rings is 2. The van der Waals surface area contributed by atoms with E-state index in [1.165, 1.54) is 0 Å². The molecule has 154 valence electrons. The zero-order chi connectivity index (χ0) is 20.1. The summed E-state index contributed by atoms with van der Waals surface area (Å²) in [6.07, 6.45) is 3.52. The van der Waals surface area contributed by atoms with Gasteiger partial charge in [0, 0.05) is 5.56 Å². The first-order chi connectivity index (χ1) is 14.2. The molecular weight excluding hydrogens is 368 g/mol. The van der Waals surface area contributed by atoms with E-state index in [-0.39, 0.29) is 12.4 Å². The van der Waals surface area contributed by atoms with E-state index in [0.717, 1.165) is 35.5 Å². The second-order valence-electron chi connectivity index (χ2n) is 7.68. The fraction of sp³-hybridized carbons (Fsp3) is 0.417. The maximum absolute atomic E-state index is 6.33. The molecule has 0 spiro atoms. The smallest absolute Gasteiger partial charge is 0.184 e. The highest BCUT2D eigenvalue weighted by molar-refractivity contribution is 5.26. The third kappa shape index (κ3) is 4.81. The molecule has 0 radical (unpaired) electrons. The summed E-state index contributed by atoms with van der Waals surface area (Å²) in [5.74, 6) is 1.68. The van der Waals surface area contributed by atoms with E-state index in [4.69, 9.17) is 23.7 Å². The summed E-state index contributed by atoms with van der Waals surface area (Å²) in [6.45, 7) is 3.49. The summed E-state index contributed by atoms with van der Waals surface area (Å²) >= 11 is 0. The van der Waals surface area contributed by atoms with Crippen LogP contribution in [0.5, 0.6) is 5.75 Å². The molecule has 0 unspecified atom stereocenters. The van der Waals surface area contributed by atoms with Crippen LogP contribution in [-0.2, 0) is 25.6 Å². The molecule has 3 atom stereocenters.